The normalized spacial score (nSPS) is 33.7. The molecule has 0 aromatic rings. The van der Waals surface area contributed by atoms with Crippen molar-refractivity contribution in [3.63, 3.8) is 0 Å². The molecule has 0 spiro atoms. The molecule has 2 aliphatic rings. The number of rotatable bonds is 3. The van der Waals surface area contributed by atoms with Gasteiger partial charge in [-0.25, -0.2) is 0 Å². The van der Waals surface area contributed by atoms with Gasteiger partial charge >= 0.3 is 5.97 Å². The average Bonchev–Trinajstić information content (AvgIpc) is 2.87. The third-order valence-electron chi connectivity index (χ3n) is 4.35. The molecule has 3 heteroatoms. The van der Waals surface area contributed by atoms with Crippen molar-refractivity contribution in [2.45, 2.75) is 51.5 Å². The zero-order chi connectivity index (χ0) is 10.9. The van der Waals surface area contributed by atoms with Gasteiger partial charge in [-0.3, -0.25) is 9.69 Å². The second-order valence-corrected chi connectivity index (χ2v) is 5.10. The summed E-state index contributed by atoms with van der Waals surface area (Å²) >= 11 is 0. The van der Waals surface area contributed by atoms with E-state index in [4.69, 9.17) is 0 Å². The Bertz CT molecular complexity index is 248. The highest BCUT2D eigenvalue weighted by Crippen LogP contribution is 2.37. The Hall–Kier alpha value is -0.570. The summed E-state index contributed by atoms with van der Waals surface area (Å²) in [5, 5.41) is 9.30. The molecular weight excluding hydrogens is 190 g/mol. The van der Waals surface area contributed by atoms with Crippen LogP contribution in [0.5, 0.6) is 0 Å². The second kappa shape index (κ2) is 4.12. The van der Waals surface area contributed by atoms with E-state index >= 15 is 0 Å². The quantitative estimate of drug-likeness (QED) is 0.777. The molecule has 1 heterocycles. The predicted octanol–water partition coefficient (Wildman–Crippen LogP) is 2.12. The topological polar surface area (TPSA) is 40.5 Å². The molecule has 15 heavy (non-hydrogen) atoms. The van der Waals surface area contributed by atoms with E-state index in [1.807, 2.05) is 6.92 Å². The molecule has 1 aliphatic heterocycles. The van der Waals surface area contributed by atoms with E-state index in [-0.39, 0.29) is 0 Å². The lowest BCUT2D eigenvalue weighted by Crippen LogP contribution is -2.37. The van der Waals surface area contributed by atoms with Crippen molar-refractivity contribution in [1.82, 2.24) is 4.90 Å². The van der Waals surface area contributed by atoms with Crippen LogP contribution in [0.25, 0.3) is 0 Å². The maximum Gasteiger partial charge on any atom is 0.310 e. The molecular formula is C12H21NO2. The summed E-state index contributed by atoms with van der Waals surface area (Å²) in [5.41, 5.74) is -0.442. The molecule has 0 bridgehead atoms. The van der Waals surface area contributed by atoms with E-state index in [0.29, 0.717) is 6.04 Å². The highest BCUT2D eigenvalue weighted by molar-refractivity contribution is 5.75. The Balaban J connectivity index is 2.00. The van der Waals surface area contributed by atoms with Crippen LogP contribution in [0.1, 0.15) is 45.4 Å². The van der Waals surface area contributed by atoms with Crippen molar-refractivity contribution in [1.29, 1.82) is 0 Å². The first kappa shape index (κ1) is 10.9. The molecule has 0 radical (unpaired) electrons. The molecule has 0 amide bonds. The summed E-state index contributed by atoms with van der Waals surface area (Å²) in [7, 11) is 0. The number of carbonyl (C=O) groups is 1. The number of likely N-dealkylation sites (tertiary alicyclic amines) is 1. The van der Waals surface area contributed by atoms with Crippen molar-refractivity contribution in [2.24, 2.45) is 5.41 Å². The van der Waals surface area contributed by atoms with Crippen molar-refractivity contribution < 1.29 is 9.90 Å². The summed E-state index contributed by atoms with van der Waals surface area (Å²) in [6.07, 6.45) is 6.82. The SMILES string of the molecule is CCC1(C(=O)O)CCN(C2CCCC2)C1. The molecule has 3 nitrogen and oxygen atoms in total. The van der Waals surface area contributed by atoms with Crippen LogP contribution in [0, 0.1) is 5.41 Å². The molecule has 1 saturated heterocycles. The summed E-state index contributed by atoms with van der Waals surface area (Å²) < 4.78 is 0. The van der Waals surface area contributed by atoms with Gasteiger partial charge in [-0.15, -0.1) is 0 Å². The minimum Gasteiger partial charge on any atom is -0.481 e. The van der Waals surface area contributed by atoms with Gasteiger partial charge < -0.3 is 5.11 Å². The van der Waals surface area contributed by atoms with Crippen molar-refractivity contribution in [3.8, 4) is 0 Å². The highest BCUT2D eigenvalue weighted by Gasteiger charge is 2.45. The number of carboxylic acid groups (broad SMARTS) is 1. The minimum absolute atomic E-state index is 0.442. The first-order valence-corrected chi connectivity index (χ1v) is 6.15. The monoisotopic (exact) mass is 211 g/mol. The molecule has 1 unspecified atom stereocenters. The minimum atomic E-state index is -0.592. The Morgan fingerprint density at radius 1 is 1.47 bits per heavy atom. The number of carboxylic acids is 1. The molecule has 0 aromatic heterocycles. The molecule has 2 rings (SSSR count). The third kappa shape index (κ3) is 1.89. The van der Waals surface area contributed by atoms with Crippen LogP contribution in [0.2, 0.25) is 0 Å². The third-order valence-corrected chi connectivity index (χ3v) is 4.35. The van der Waals surface area contributed by atoms with Gasteiger partial charge in [-0.05, 0) is 32.2 Å². The Labute approximate surface area is 91.5 Å². The van der Waals surface area contributed by atoms with Crippen molar-refractivity contribution >= 4 is 5.97 Å². The standard InChI is InChI=1S/C12H21NO2/c1-2-12(11(14)15)7-8-13(9-12)10-5-3-4-6-10/h10H,2-9H2,1H3,(H,14,15). The molecule has 1 atom stereocenters. The maximum absolute atomic E-state index is 11.3. The lowest BCUT2D eigenvalue weighted by molar-refractivity contribution is -0.148. The summed E-state index contributed by atoms with van der Waals surface area (Å²) in [6, 6.07) is 0.678. The van der Waals surface area contributed by atoms with Gasteiger partial charge in [0.25, 0.3) is 0 Å². The van der Waals surface area contributed by atoms with Gasteiger partial charge in [0.05, 0.1) is 5.41 Å². The Morgan fingerprint density at radius 3 is 2.60 bits per heavy atom. The number of hydrogen-bond acceptors (Lipinski definition) is 2. The van der Waals surface area contributed by atoms with Gasteiger partial charge in [0, 0.05) is 12.6 Å². The molecule has 1 N–H and O–H groups in total. The van der Waals surface area contributed by atoms with E-state index in [1.54, 1.807) is 0 Å². The van der Waals surface area contributed by atoms with Crippen LogP contribution < -0.4 is 0 Å². The second-order valence-electron chi connectivity index (χ2n) is 5.10. The number of hydrogen-bond donors (Lipinski definition) is 1. The van der Waals surface area contributed by atoms with E-state index < -0.39 is 11.4 Å². The average molecular weight is 211 g/mol. The van der Waals surface area contributed by atoms with E-state index in [1.165, 1.54) is 25.7 Å². The van der Waals surface area contributed by atoms with Gasteiger partial charge in [-0.1, -0.05) is 19.8 Å². The first-order chi connectivity index (χ1) is 7.18. The summed E-state index contributed by atoms with van der Waals surface area (Å²) in [5.74, 6) is -0.592. The van der Waals surface area contributed by atoms with Gasteiger partial charge in [0.1, 0.15) is 0 Å². The van der Waals surface area contributed by atoms with Gasteiger partial charge in [0.2, 0.25) is 0 Å². The largest absolute Gasteiger partial charge is 0.481 e. The molecule has 86 valence electrons. The van der Waals surface area contributed by atoms with Crippen LogP contribution in [-0.4, -0.2) is 35.1 Å². The summed E-state index contributed by atoms with van der Waals surface area (Å²) in [6.45, 7) is 3.78. The van der Waals surface area contributed by atoms with Crippen molar-refractivity contribution in [2.75, 3.05) is 13.1 Å². The van der Waals surface area contributed by atoms with Crippen LogP contribution in [0.15, 0.2) is 0 Å². The molecule has 1 aliphatic carbocycles. The van der Waals surface area contributed by atoms with E-state index in [9.17, 15) is 9.90 Å². The smallest absolute Gasteiger partial charge is 0.310 e. The Morgan fingerprint density at radius 2 is 2.13 bits per heavy atom. The lowest BCUT2D eigenvalue weighted by Gasteiger charge is -2.26. The fraction of sp³-hybridized carbons (Fsp3) is 0.917. The lowest BCUT2D eigenvalue weighted by atomic mass is 9.84. The molecule has 2 fully saturated rings. The first-order valence-electron chi connectivity index (χ1n) is 6.15. The van der Waals surface area contributed by atoms with Crippen LogP contribution in [0.4, 0.5) is 0 Å². The fourth-order valence-electron chi connectivity index (χ4n) is 3.10. The van der Waals surface area contributed by atoms with E-state index in [2.05, 4.69) is 4.90 Å². The van der Waals surface area contributed by atoms with Gasteiger partial charge in [0.15, 0.2) is 0 Å². The number of nitrogens with zero attached hydrogens (tertiary/aromatic N) is 1. The summed E-state index contributed by atoms with van der Waals surface area (Å²) in [4.78, 5) is 13.7. The molecule has 0 aromatic carbocycles. The van der Waals surface area contributed by atoms with Crippen LogP contribution >= 0.6 is 0 Å². The fourth-order valence-corrected chi connectivity index (χ4v) is 3.10. The molecule has 1 saturated carbocycles. The van der Waals surface area contributed by atoms with E-state index in [0.717, 1.165) is 25.9 Å². The Kier molecular flexibility index (Phi) is 3.01. The number of aliphatic carboxylic acids is 1. The van der Waals surface area contributed by atoms with Gasteiger partial charge in [-0.2, -0.15) is 0 Å². The highest BCUT2D eigenvalue weighted by atomic mass is 16.4. The zero-order valence-electron chi connectivity index (χ0n) is 9.54. The predicted molar refractivity (Wildman–Crippen MR) is 58.8 cm³/mol. The van der Waals surface area contributed by atoms with Crippen molar-refractivity contribution in [3.05, 3.63) is 0 Å². The van der Waals surface area contributed by atoms with Crippen LogP contribution in [0.3, 0.4) is 0 Å². The zero-order valence-corrected chi connectivity index (χ0v) is 9.54. The van der Waals surface area contributed by atoms with Crippen LogP contribution in [-0.2, 0) is 4.79 Å². The maximum atomic E-state index is 11.3.